The van der Waals surface area contributed by atoms with Crippen LogP contribution in [0.1, 0.15) is 50.2 Å². The molecule has 3 nitrogen and oxygen atoms in total. The Hall–Kier alpha value is -1.06. The summed E-state index contributed by atoms with van der Waals surface area (Å²) in [6.45, 7) is 4.02. The van der Waals surface area contributed by atoms with Gasteiger partial charge < -0.3 is 10.2 Å². The Morgan fingerprint density at radius 1 is 1.18 bits per heavy atom. The summed E-state index contributed by atoms with van der Waals surface area (Å²) in [5, 5.41) is 3.43. The van der Waals surface area contributed by atoms with Crippen LogP contribution in [0.2, 0.25) is 0 Å². The van der Waals surface area contributed by atoms with Gasteiger partial charge in [0.25, 0.3) is 0 Å². The van der Waals surface area contributed by atoms with Crippen LogP contribution in [0.4, 0.5) is 0 Å². The highest BCUT2D eigenvalue weighted by Crippen LogP contribution is 2.29. The molecular weight excluding hydrogens is 296 g/mol. The third kappa shape index (κ3) is 4.47. The van der Waals surface area contributed by atoms with E-state index in [9.17, 15) is 4.79 Å². The Morgan fingerprint density at radius 2 is 1.86 bits per heavy atom. The lowest BCUT2D eigenvalue weighted by molar-refractivity contribution is -0.132. The maximum atomic E-state index is 12.6. The van der Waals surface area contributed by atoms with Crippen molar-refractivity contribution in [3.8, 4) is 0 Å². The van der Waals surface area contributed by atoms with Gasteiger partial charge in [-0.2, -0.15) is 0 Å². The molecule has 3 rings (SSSR count). The average Bonchev–Trinajstić information content (AvgIpc) is 3.22. The first-order valence-electron chi connectivity index (χ1n) is 8.37. The van der Waals surface area contributed by atoms with Crippen LogP contribution in [0.3, 0.4) is 0 Å². The summed E-state index contributed by atoms with van der Waals surface area (Å²) in [5.74, 6) is 0.330. The number of carbonyl (C=O) groups excluding carboxylic acids is 1. The van der Waals surface area contributed by atoms with Gasteiger partial charge in [-0.3, -0.25) is 4.79 Å². The second-order valence-corrected chi connectivity index (χ2v) is 6.42. The Morgan fingerprint density at radius 3 is 2.41 bits per heavy atom. The standard InChI is InChI=1S/C18H26N2O.ClH/c1-2-14-5-7-15(8-6-14)13-20(17-9-10-17)18(21)12-16-4-3-11-19-16;/h5-8,16-17,19H,2-4,9-13H2,1H3;1H. The summed E-state index contributed by atoms with van der Waals surface area (Å²) < 4.78 is 0. The molecule has 2 fully saturated rings. The minimum absolute atomic E-state index is 0. The molecule has 4 heteroatoms. The van der Waals surface area contributed by atoms with Crippen molar-refractivity contribution < 1.29 is 4.79 Å². The second kappa shape index (κ2) is 7.98. The summed E-state index contributed by atoms with van der Waals surface area (Å²) in [5.41, 5.74) is 2.62. The molecule has 1 aromatic rings. The van der Waals surface area contributed by atoms with Gasteiger partial charge in [-0.1, -0.05) is 31.2 Å². The van der Waals surface area contributed by atoms with Crippen LogP contribution in [0.15, 0.2) is 24.3 Å². The highest BCUT2D eigenvalue weighted by Gasteiger charge is 2.33. The third-order valence-corrected chi connectivity index (χ3v) is 4.68. The van der Waals surface area contributed by atoms with Gasteiger partial charge >= 0.3 is 0 Å². The van der Waals surface area contributed by atoms with E-state index in [1.165, 1.54) is 30.4 Å². The lowest BCUT2D eigenvalue weighted by Gasteiger charge is -2.24. The number of nitrogens with zero attached hydrogens (tertiary/aromatic N) is 1. The van der Waals surface area contributed by atoms with E-state index in [2.05, 4.69) is 41.4 Å². The lowest BCUT2D eigenvalue weighted by atomic mass is 10.1. The molecule has 0 spiro atoms. The minimum atomic E-state index is 0. The van der Waals surface area contributed by atoms with Crippen LogP contribution in [0.25, 0.3) is 0 Å². The zero-order valence-electron chi connectivity index (χ0n) is 13.4. The van der Waals surface area contributed by atoms with Crippen molar-refractivity contribution in [1.82, 2.24) is 10.2 Å². The van der Waals surface area contributed by atoms with Crippen molar-refractivity contribution in [2.45, 2.75) is 64.1 Å². The van der Waals surface area contributed by atoms with Crippen molar-refractivity contribution in [3.63, 3.8) is 0 Å². The van der Waals surface area contributed by atoms with E-state index in [0.717, 1.165) is 25.9 Å². The molecule has 122 valence electrons. The summed E-state index contributed by atoms with van der Waals surface area (Å²) in [4.78, 5) is 14.7. The highest BCUT2D eigenvalue weighted by atomic mass is 35.5. The van der Waals surface area contributed by atoms with E-state index in [4.69, 9.17) is 0 Å². The maximum Gasteiger partial charge on any atom is 0.224 e. The molecule has 22 heavy (non-hydrogen) atoms. The van der Waals surface area contributed by atoms with Crippen molar-refractivity contribution in [3.05, 3.63) is 35.4 Å². The molecule has 1 unspecified atom stereocenters. The molecule has 1 saturated heterocycles. The molecule has 0 aromatic heterocycles. The molecule has 1 heterocycles. The fourth-order valence-corrected chi connectivity index (χ4v) is 3.14. The number of aryl methyl sites for hydroxylation is 1. The number of hydrogen-bond acceptors (Lipinski definition) is 2. The Labute approximate surface area is 139 Å². The number of hydrogen-bond donors (Lipinski definition) is 1. The number of amides is 1. The Kier molecular flexibility index (Phi) is 6.27. The molecule has 1 aliphatic heterocycles. The number of rotatable bonds is 6. The van der Waals surface area contributed by atoms with Crippen LogP contribution in [-0.4, -0.2) is 29.4 Å². The quantitative estimate of drug-likeness (QED) is 0.871. The molecule has 2 aliphatic rings. The lowest BCUT2D eigenvalue weighted by Crippen LogP contribution is -2.37. The van der Waals surface area contributed by atoms with Gasteiger partial charge in [-0.15, -0.1) is 12.4 Å². The SMILES string of the molecule is CCc1ccc(CN(C(=O)CC2CCCN2)C2CC2)cc1.Cl. The van der Waals surface area contributed by atoms with Crippen LogP contribution >= 0.6 is 12.4 Å². The molecule has 1 amide bonds. The van der Waals surface area contributed by atoms with Gasteiger partial charge in [-0.25, -0.2) is 0 Å². The molecule has 0 radical (unpaired) electrons. The summed E-state index contributed by atoms with van der Waals surface area (Å²) in [7, 11) is 0. The number of carbonyl (C=O) groups is 1. The molecule has 1 aromatic carbocycles. The number of nitrogens with one attached hydrogen (secondary N) is 1. The van der Waals surface area contributed by atoms with Gasteiger partial charge in [0.1, 0.15) is 0 Å². The highest BCUT2D eigenvalue weighted by molar-refractivity contribution is 5.85. The molecular formula is C18H27ClN2O. The van der Waals surface area contributed by atoms with Gasteiger partial charge in [0.2, 0.25) is 5.91 Å². The number of halogens is 1. The maximum absolute atomic E-state index is 12.6. The zero-order valence-corrected chi connectivity index (χ0v) is 14.2. The van der Waals surface area contributed by atoms with Gasteiger partial charge in [0.15, 0.2) is 0 Å². The van der Waals surface area contributed by atoms with E-state index in [0.29, 0.717) is 24.4 Å². The molecule has 1 aliphatic carbocycles. The monoisotopic (exact) mass is 322 g/mol. The van der Waals surface area contributed by atoms with Gasteiger partial charge in [-0.05, 0) is 49.8 Å². The zero-order chi connectivity index (χ0) is 14.7. The van der Waals surface area contributed by atoms with Crippen LogP contribution in [-0.2, 0) is 17.8 Å². The summed E-state index contributed by atoms with van der Waals surface area (Å²) >= 11 is 0. The predicted molar refractivity (Wildman–Crippen MR) is 92.3 cm³/mol. The third-order valence-electron chi connectivity index (χ3n) is 4.68. The van der Waals surface area contributed by atoms with E-state index in [1.54, 1.807) is 0 Å². The average molecular weight is 323 g/mol. The molecule has 1 N–H and O–H groups in total. The van der Waals surface area contributed by atoms with Crippen molar-refractivity contribution in [2.24, 2.45) is 0 Å². The summed E-state index contributed by atoms with van der Waals surface area (Å²) in [6.07, 6.45) is 6.45. The smallest absolute Gasteiger partial charge is 0.224 e. The van der Waals surface area contributed by atoms with Crippen LogP contribution in [0, 0.1) is 0 Å². The van der Waals surface area contributed by atoms with Crippen molar-refractivity contribution >= 4 is 18.3 Å². The van der Waals surface area contributed by atoms with Gasteiger partial charge in [0.05, 0.1) is 0 Å². The van der Waals surface area contributed by atoms with E-state index in [-0.39, 0.29) is 12.4 Å². The molecule has 1 saturated carbocycles. The molecule has 0 bridgehead atoms. The van der Waals surface area contributed by atoms with Crippen molar-refractivity contribution in [2.75, 3.05) is 6.54 Å². The van der Waals surface area contributed by atoms with Gasteiger partial charge in [0, 0.05) is 25.0 Å². The van der Waals surface area contributed by atoms with Crippen LogP contribution in [0.5, 0.6) is 0 Å². The molecule has 1 atom stereocenters. The number of benzene rings is 1. The topological polar surface area (TPSA) is 32.3 Å². The van der Waals surface area contributed by atoms with Crippen LogP contribution < -0.4 is 5.32 Å². The normalized spacial score (nSPS) is 20.5. The van der Waals surface area contributed by atoms with E-state index >= 15 is 0 Å². The first-order valence-corrected chi connectivity index (χ1v) is 8.37. The van der Waals surface area contributed by atoms with E-state index in [1.807, 2.05) is 0 Å². The van der Waals surface area contributed by atoms with E-state index < -0.39 is 0 Å². The predicted octanol–water partition coefficient (Wildman–Crippen LogP) is 3.30. The first kappa shape index (κ1) is 17.3. The summed E-state index contributed by atoms with van der Waals surface area (Å²) in [6, 6.07) is 9.61. The second-order valence-electron chi connectivity index (χ2n) is 6.42. The van der Waals surface area contributed by atoms with Crippen molar-refractivity contribution in [1.29, 1.82) is 0 Å². The fourth-order valence-electron chi connectivity index (χ4n) is 3.14. The first-order chi connectivity index (χ1) is 10.3. The Bertz CT molecular complexity index is 478. The Balaban J connectivity index is 0.00000176. The largest absolute Gasteiger partial charge is 0.335 e. The fraction of sp³-hybridized carbons (Fsp3) is 0.611. The minimum Gasteiger partial charge on any atom is -0.335 e.